The predicted octanol–water partition coefficient (Wildman–Crippen LogP) is 2.93. The molecule has 0 fully saturated rings. The van der Waals surface area contributed by atoms with E-state index in [0.29, 0.717) is 17.0 Å². The van der Waals surface area contributed by atoms with Crippen LogP contribution in [0.2, 0.25) is 0 Å². The van der Waals surface area contributed by atoms with Gasteiger partial charge in [-0.2, -0.15) is 0 Å². The number of anilines is 1. The summed E-state index contributed by atoms with van der Waals surface area (Å²) in [5.41, 5.74) is 6.78. The predicted molar refractivity (Wildman–Crippen MR) is 72.5 cm³/mol. The number of carbonyl (C=O) groups is 1. The first-order valence-electron chi connectivity index (χ1n) is 6.03. The number of nitrogen functional groups attached to an aromatic ring is 1. The number of rotatable bonds is 3. The monoisotopic (exact) mass is 246 g/mol. The molecule has 1 aromatic carbocycles. The number of furan rings is 1. The van der Waals surface area contributed by atoms with Crippen LogP contribution in [0, 0.1) is 0 Å². The Labute approximate surface area is 106 Å². The third-order valence-corrected chi connectivity index (χ3v) is 3.10. The van der Waals surface area contributed by atoms with E-state index in [1.165, 1.54) is 0 Å². The van der Waals surface area contributed by atoms with E-state index in [1.54, 1.807) is 24.3 Å². The number of hydrogen-bond donors (Lipinski definition) is 2. The summed E-state index contributed by atoms with van der Waals surface area (Å²) >= 11 is 0. The summed E-state index contributed by atoms with van der Waals surface area (Å²) in [6.45, 7) is 5.98. The van der Waals surface area contributed by atoms with E-state index in [2.05, 4.69) is 5.32 Å². The van der Waals surface area contributed by atoms with Crippen LogP contribution >= 0.6 is 0 Å². The second kappa shape index (κ2) is 4.37. The Hall–Kier alpha value is -1.97. The zero-order valence-electron chi connectivity index (χ0n) is 10.9. The molecule has 4 heteroatoms. The molecular weight excluding hydrogens is 228 g/mol. The van der Waals surface area contributed by atoms with Crippen LogP contribution in [0.15, 0.2) is 28.7 Å². The lowest BCUT2D eigenvalue weighted by atomic mass is 10.0. The topological polar surface area (TPSA) is 68.3 Å². The van der Waals surface area contributed by atoms with Crippen LogP contribution in [0.1, 0.15) is 37.7 Å². The summed E-state index contributed by atoms with van der Waals surface area (Å²) < 4.78 is 5.51. The van der Waals surface area contributed by atoms with Gasteiger partial charge in [-0.05, 0) is 44.5 Å². The van der Waals surface area contributed by atoms with Crippen LogP contribution in [-0.4, -0.2) is 11.4 Å². The average molecular weight is 246 g/mol. The molecule has 0 saturated heterocycles. The van der Waals surface area contributed by atoms with Gasteiger partial charge in [-0.3, -0.25) is 4.79 Å². The maximum atomic E-state index is 12.0. The van der Waals surface area contributed by atoms with Gasteiger partial charge >= 0.3 is 0 Å². The van der Waals surface area contributed by atoms with Crippen LogP contribution in [-0.2, 0) is 0 Å². The molecule has 0 bridgehead atoms. The number of hydrogen-bond acceptors (Lipinski definition) is 3. The Morgan fingerprint density at radius 3 is 2.78 bits per heavy atom. The van der Waals surface area contributed by atoms with Crippen molar-refractivity contribution in [1.82, 2.24) is 5.32 Å². The third kappa shape index (κ3) is 2.47. The van der Waals surface area contributed by atoms with Crippen LogP contribution in [0.5, 0.6) is 0 Å². The zero-order chi connectivity index (χ0) is 13.3. The zero-order valence-corrected chi connectivity index (χ0v) is 10.9. The maximum absolute atomic E-state index is 12.0. The van der Waals surface area contributed by atoms with Gasteiger partial charge in [-0.25, -0.2) is 0 Å². The van der Waals surface area contributed by atoms with Crippen molar-refractivity contribution in [2.24, 2.45) is 0 Å². The lowest BCUT2D eigenvalue weighted by Crippen LogP contribution is -2.42. The molecule has 0 aliphatic carbocycles. The van der Waals surface area contributed by atoms with Crippen molar-refractivity contribution in [3.63, 3.8) is 0 Å². The highest BCUT2D eigenvalue weighted by Crippen LogP contribution is 2.22. The molecular formula is C14H18N2O2. The van der Waals surface area contributed by atoms with Crippen LogP contribution in [0.3, 0.4) is 0 Å². The van der Waals surface area contributed by atoms with Crippen molar-refractivity contribution in [3.05, 3.63) is 30.0 Å². The van der Waals surface area contributed by atoms with Gasteiger partial charge in [0.1, 0.15) is 5.58 Å². The second-order valence-corrected chi connectivity index (χ2v) is 5.10. The van der Waals surface area contributed by atoms with E-state index < -0.39 is 0 Å². The highest BCUT2D eigenvalue weighted by Gasteiger charge is 2.21. The third-order valence-electron chi connectivity index (χ3n) is 3.10. The van der Waals surface area contributed by atoms with Gasteiger partial charge in [0.2, 0.25) is 0 Å². The van der Waals surface area contributed by atoms with Gasteiger partial charge < -0.3 is 15.5 Å². The Bertz CT molecular complexity index is 584. The van der Waals surface area contributed by atoms with Crippen molar-refractivity contribution >= 4 is 22.6 Å². The summed E-state index contributed by atoms with van der Waals surface area (Å²) in [6.07, 6.45) is 0.853. The molecule has 0 aliphatic rings. The Morgan fingerprint density at radius 1 is 1.39 bits per heavy atom. The molecule has 2 aromatic rings. The largest absolute Gasteiger partial charge is 0.451 e. The fourth-order valence-electron chi connectivity index (χ4n) is 1.63. The number of nitrogens with one attached hydrogen (secondary N) is 1. The summed E-state index contributed by atoms with van der Waals surface area (Å²) in [7, 11) is 0. The Kier molecular flexibility index (Phi) is 3.03. The summed E-state index contributed by atoms with van der Waals surface area (Å²) in [4.78, 5) is 12.0. The number of benzene rings is 1. The molecule has 2 rings (SSSR count). The van der Waals surface area contributed by atoms with Crippen molar-refractivity contribution in [2.75, 3.05) is 5.73 Å². The van der Waals surface area contributed by atoms with E-state index >= 15 is 0 Å². The molecule has 4 nitrogen and oxygen atoms in total. The van der Waals surface area contributed by atoms with Gasteiger partial charge in [0.15, 0.2) is 5.76 Å². The molecule has 18 heavy (non-hydrogen) atoms. The minimum Gasteiger partial charge on any atom is -0.451 e. The Morgan fingerprint density at radius 2 is 2.11 bits per heavy atom. The molecule has 0 saturated carbocycles. The fourth-order valence-corrected chi connectivity index (χ4v) is 1.63. The van der Waals surface area contributed by atoms with Crippen molar-refractivity contribution in [1.29, 1.82) is 0 Å². The summed E-state index contributed by atoms with van der Waals surface area (Å²) in [5.74, 6) is 0.119. The lowest BCUT2D eigenvalue weighted by molar-refractivity contribution is 0.0885. The Balaban J connectivity index is 2.28. The SMILES string of the molecule is CCC(C)(C)NC(=O)c1cc2cc(N)ccc2o1. The highest BCUT2D eigenvalue weighted by atomic mass is 16.3. The first-order chi connectivity index (χ1) is 8.41. The fraction of sp³-hybridized carbons (Fsp3) is 0.357. The van der Waals surface area contributed by atoms with Gasteiger partial charge in [0.05, 0.1) is 0 Å². The summed E-state index contributed by atoms with van der Waals surface area (Å²) in [6, 6.07) is 7.03. The first-order valence-corrected chi connectivity index (χ1v) is 6.03. The van der Waals surface area contributed by atoms with Crippen LogP contribution < -0.4 is 11.1 Å². The molecule has 0 radical (unpaired) electrons. The normalized spacial score (nSPS) is 11.7. The van der Waals surface area contributed by atoms with Crippen molar-refractivity contribution in [3.8, 4) is 0 Å². The van der Waals surface area contributed by atoms with Crippen molar-refractivity contribution in [2.45, 2.75) is 32.7 Å². The standard InChI is InChI=1S/C14H18N2O2/c1-4-14(2,3)16-13(17)12-8-9-7-10(15)5-6-11(9)18-12/h5-8H,4,15H2,1-3H3,(H,16,17). The maximum Gasteiger partial charge on any atom is 0.287 e. The molecule has 96 valence electrons. The van der Waals surface area contributed by atoms with Crippen LogP contribution in [0.25, 0.3) is 11.0 Å². The number of amides is 1. The first kappa shape index (κ1) is 12.5. The van der Waals surface area contributed by atoms with Gasteiger partial charge in [0.25, 0.3) is 5.91 Å². The second-order valence-electron chi connectivity index (χ2n) is 5.10. The molecule has 1 aromatic heterocycles. The van der Waals surface area contributed by atoms with E-state index in [1.807, 2.05) is 20.8 Å². The average Bonchev–Trinajstić information content (AvgIpc) is 2.71. The van der Waals surface area contributed by atoms with E-state index in [4.69, 9.17) is 10.2 Å². The lowest BCUT2D eigenvalue weighted by Gasteiger charge is -2.23. The van der Waals surface area contributed by atoms with Crippen LogP contribution in [0.4, 0.5) is 5.69 Å². The van der Waals surface area contributed by atoms with E-state index in [9.17, 15) is 4.79 Å². The molecule has 1 amide bonds. The highest BCUT2D eigenvalue weighted by molar-refractivity contribution is 5.96. The number of nitrogens with two attached hydrogens (primary N) is 1. The van der Waals surface area contributed by atoms with E-state index in [0.717, 1.165) is 11.8 Å². The quantitative estimate of drug-likeness (QED) is 0.818. The minimum absolute atomic E-state index is 0.198. The molecule has 1 heterocycles. The van der Waals surface area contributed by atoms with Crippen molar-refractivity contribution < 1.29 is 9.21 Å². The van der Waals surface area contributed by atoms with Gasteiger partial charge in [-0.1, -0.05) is 6.92 Å². The molecule has 0 unspecified atom stereocenters. The molecule has 0 atom stereocenters. The summed E-state index contributed by atoms with van der Waals surface area (Å²) in [5, 5.41) is 3.78. The van der Waals surface area contributed by atoms with E-state index in [-0.39, 0.29) is 11.4 Å². The molecule has 0 aliphatic heterocycles. The molecule has 3 N–H and O–H groups in total. The van der Waals surface area contributed by atoms with Gasteiger partial charge in [-0.15, -0.1) is 0 Å². The van der Waals surface area contributed by atoms with Gasteiger partial charge in [0, 0.05) is 16.6 Å². The molecule has 0 spiro atoms. The minimum atomic E-state index is -0.241. The number of carbonyl (C=O) groups excluding carboxylic acids is 1. The number of fused-ring (bicyclic) bond motifs is 1. The smallest absolute Gasteiger partial charge is 0.287 e.